The van der Waals surface area contributed by atoms with E-state index in [4.69, 9.17) is 14.6 Å². The highest BCUT2D eigenvalue weighted by molar-refractivity contribution is 5.66. The zero-order valence-corrected chi connectivity index (χ0v) is 12.0. The number of aliphatic hydroxyl groups excluding tert-OH is 1. The third-order valence-corrected chi connectivity index (χ3v) is 2.54. The van der Waals surface area contributed by atoms with Crippen LogP contribution in [0.4, 0.5) is 0 Å². The molecule has 0 aromatic heterocycles. The molecule has 18 heavy (non-hydrogen) atoms. The van der Waals surface area contributed by atoms with Crippen molar-refractivity contribution in [2.75, 3.05) is 19.7 Å². The van der Waals surface area contributed by atoms with Crippen LogP contribution in [0.1, 0.15) is 40.5 Å². The van der Waals surface area contributed by atoms with Crippen LogP contribution in [0.3, 0.4) is 0 Å². The zero-order chi connectivity index (χ0) is 14.6. The van der Waals surface area contributed by atoms with Gasteiger partial charge in [0.1, 0.15) is 12.9 Å². The average Bonchev–Trinajstić information content (AvgIpc) is 2.76. The zero-order valence-electron chi connectivity index (χ0n) is 12.0. The number of rotatable bonds is 4. The number of hydrogen-bond donors (Lipinski definition) is 1. The van der Waals surface area contributed by atoms with Crippen LogP contribution < -0.4 is 0 Å². The molecule has 1 aliphatic rings. The predicted octanol–water partition coefficient (Wildman–Crippen LogP) is 1.24. The normalized spacial score (nSPS) is 22.3. The molecule has 1 N–H and O–H groups in total. The van der Waals surface area contributed by atoms with Gasteiger partial charge in [0, 0.05) is 25.9 Å². The number of nitrogens with zero attached hydrogens (tertiary/aromatic N) is 1. The fraction of sp³-hybridized carbons (Fsp3) is 0.846. The molecule has 0 radical (unpaired) electrons. The summed E-state index contributed by atoms with van der Waals surface area (Å²) in [6, 6.07) is 0.166. The Hall–Kier alpha value is -0.940. The van der Waals surface area contributed by atoms with Crippen molar-refractivity contribution in [3.63, 3.8) is 0 Å². The molecule has 0 spiro atoms. The van der Waals surface area contributed by atoms with Gasteiger partial charge in [0.2, 0.25) is 0 Å². The van der Waals surface area contributed by atoms with Gasteiger partial charge >= 0.3 is 5.97 Å². The highest BCUT2D eigenvalue weighted by atomic mass is 16.5. The summed E-state index contributed by atoms with van der Waals surface area (Å²) in [5, 5.41) is 9.13. The number of carbonyl (C=O) groups is 2. The first-order valence-corrected chi connectivity index (χ1v) is 6.48. The topological polar surface area (TPSA) is 66.8 Å². The minimum atomic E-state index is -0.231. The average molecular weight is 261 g/mol. The van der Waals surface area contributed by atoms with E-state index < -0.39 is 0 Å². The minimum absolute atomic E-state index is 0.0313. The first-order valence-electron chi connectivity index (χ1n) is 6.48. The monoisotopic (exact) mass is 261 g/mol. The third kappa shape index (κ3) is 7.40. The van der Waals surface area contributed by atoms with E-state index in [0.717, 1.165) is 25.9 Å². The Morgan fingerprint density at radius 3 is 2.39 bits per heavy atom. The van der Waals surface area contributed by atoms with Crippen molar-refractivity contribution in [2.24, 2.45) is 0 Å². The van der Waals surface area contributed by atoms with Crippen LogP contribution in [0.5, 0.6) is 0 Å². The molecule has 0 aliphatic carbocycles. The Kier molecular flexibility index (Phi) is 13.5. The summed E-state index contributed by atoms with van der Waals surface area (Å²) in [6.07, 6.45) is 1.79. The summed E-state index contributed by atoms with van der Waals surface area (Å²) in [5.74, 6) is -0.231. The molecule has 1 aliphatic heterocycles. The van der Waals surface area contributed by atoms with Gasteiger partial charge in [-0.2, -0.15) is 0 Å². The quantitative estimate of drug-likeness (QED) is 0.771. The van der Waals surface area contributed by atoms with Crippen LogP contribution in [0.25, 0.3) is 0 Å². The van der Waals surface area contributed by atoms with E-state index in [1.54, 1.807) is 0 Å². The lowest BCUT2D eigenvalue weighted by molar-refractivity contribution is -0.145. The maximum absolute atomic E-state index is 10.8. The van der Waals surface area contributed by atoms with Crippen LogP contribution >= 0.6 is 0 Å². The molecule has 1 heterocycles. The highest BCUT2D eigenvalue weighted by Gasteiger charge is 2.32. The number of esters is 1. The smallest absolute Gasteiger partial charge is 0.302 e. The molecule has 2 unspecified atom stereocenters. The van der Waals surface area contributed by atoms with Crippen LogP contribution in [-0.4, -0.2) is 54.6 Å². The van der Waals surface area contributed by atoms with Crippen LogP contribution in [0.2, 0.25) is 0 Å². The van der Waals surface area contributed by atoms with E-state index in [-0.39, 0.29) is 24.7 Å². The van der Waals surface area contributed by atoms with Gasteiger partial charge < -0.3 is 14.6 Å². The maximum atomic E-state index is 10.8. The van der Waals surface area contributed by atoms with Gasteiger partial charge in [-0.3, -0.25) is 9.69 Å². The van der Waals surface area contributed by atoms with Gasteiger partial charge in [-0.15, -0.1) is 0 Å². The summed E-state index contributed by atoms with van der Waals surface area (Å²) in [5.41, 5.74) is 0. The second-order valence-corrected chi connectivity index (χ2v) is 3.80. The molecular formula is C13H27NO4. The molecular weight excluding hydrogens is 234 g/mol. The van der Waals surface area contributed by atoms with Gasteiger partial charge in [-0.25, -0.2) is 0 Å². The van der Waals surface area contributed by atoms with Gasteiger partial charge in [-0.05, 0) is 13.0 Å². The summed E-state index contributed by atoms with van der Waals surface area (Å²) in [6.45, 7) is 11.4. The van der Waals surface area contributed by atoms with Crippen molar-refractivity contribution in [2.45, 2.75) is 52.7 Å². The Balaban J connectivity index is 0. The predicted molar refractivity (Wildman–Crippen MR) is 71.4 cm³/mol. The summed E-state index contributed by atoms with van der Waals surface area (Å²) < 4.78 is 5.13. The molecule has 1 fully saturated rings. The second kappa shape index (κ2) is 12.5. The molecule has 108 valence electrons. The van der Waals surface area contributed by atoms with Crippen molar-refractivity contribution in [1.29, 1.82) is 0 Å². The Morgan fingerprint density at radius 1 is 1.44 bits per heavy atom. The lowest BCUT2D eigenvalue weighted by Gasteiger charge is -2.20. The van der Waals surface area contributed by atoms with Crippen molar-refractivity contribution in [1.82, 2.24) is 4.90 Å². The fourth-order valence-electron chi connectivity index (χ4n) is 2.01. The Labute approximate surface area is 110 Å². The Morgan fingerprint density at radius 2 is 2.00 bits per heavy atom. The van der Waals surface area contributed by atoms with Gasteiger partial charge in [0.15, 0.2) is 0 Å². The molecule has 5 nitrogen and oxygen atoms in total. The van der Waals surface area contributed by atoms with Crippen molar-refractivity contribution < 1.29 is 19.4 Å². The minimum Gasteiger partial charge on any atom is -0.461 e. The van der Waals surface area contributed by atoms with Crippen LogP contribution in [0, 0.1) is 0 Å². The number of likely N-dealkylation sites (tertiary alicyclic amines) is 1. The van der Waals surface area contributed by atoms with E-state index in [1.807, 2.05) is 20.6 Å². The number of carbonyl (C=O) groups excluding carboxylic acids is 2. The van der Waals surface area contributed by atoms with E-state index in [2.05, 4.69) is 11.8 Å². The van der Waals surface area contributed by atoms with Crippen LogP contribution in [-0.2, 0) is 14.3 Å². The maximum Gasteiger partial charge on any atom is 0.302 e. The number of hydrogen-bond acceptors (Lipinski definition) is 5. The molecule has 1 saturated heterocycles. The summed E-state index contributed by atoms with van der Waals surface area (Å²) in [7, 11) is 0. The fourth-order valence-corrected chi connectivity index (χ4v) is 2.01. The molecule has 0 aromatic rings. The first kappa shape index (κ1) is 19.4. The number of aliphatic hydroxyl groups is 1. The van der Waals surface area contributed by atoms with Crippen molar-refractivity contribution >= 4 is 12.8 Å². The lowest BCUT2D eigenvalue weighted by Crippen LogP contribution is -2.33. The number of ether oxygens (including phenoxy) is 1. The van der Waals surface area contributed by atoms with Gasteiger partial charge in [-0.1, -0.05) is 20.8 Å². The van der Waals surface area contributed by atoms with Crippen molar-refractivity contribution in [3.05, 3.63) is 0 Å². The molecule has 0 bridgehead atoms. The summed E-state index contributed by atoms with van der Waals surface area (Å²) >= 11 is 0. The van der Waals surface area contributed by atoms with Gasteiger partial charge in [0.05, 0.1) is 6.61 Å². The van der Waals surface area contributed by atoms with E-state index >= 15 is 0 Å². The van der Waals surface area contributed by atoms with Gasteiger partial charge in [0.25, 0.3) is 0 Å². The van der Waals surface area contributed by atoms with Crippen molar-refractivity contribution in [3.8, 4) is 0 Å². The molecule has 0 aromatic carbocycles. The molecule has 0 amide bonds. The third-order valence-electron chi connectivity index (χ3n) is 2.54. The van der Waals surface area contributed by atoms with Crippen LogP contribution in [0.15, 0.2) is 0 Å². The Bertz CT molecular complexity index is 211. The SMILES string of the molecule is C=O.CC.CCCN1CC(OC(C)=O)CC1CO. The molecule has 1 rings (SSSR count). The molecule has 2 atom stereocenters. The second-order valence-electron chi connectivity index (χ2n) is 3.80. The molecule has 5 heteroatoms. The first-order chi connectivity index (χ1) is 8.67. The van der Waals surface area contributed by atoms with E-state index in [0.29, 0.717) is 0 Å². The highest BCUT2D eigenvalue weighted by Crippen LogP contribution is 2.20. The van der Waals surface area contributed by atoms with E-state index in [9.17, 15) is 4.79 Å². The van der Waals surface area contributed by atoms with E-state index in [1.165, 1.54) is 6.92 Å². The molecule has 0 saturated carbocycles. The standard InChI is InChI=1S/C10H19NO3.C2H6.CH2O/c1-3-4-11-6-10(14-8(2)13)5-9(11)7-12;2*1-2/h9-10,12H,3-7H2,1-2H3;1-2H3;1H2. The lowest BCUT2D eigenvalue weighted by atomic mass is 10.2. The largest absolute Gasteiger partial charge is 0.461 e. The summed E-state index contributed by atoms with van der Waals surface area (Å²) in [4.78, 5) is 20.9.